The third-order valence-electron chi connectivity index (χ3n) is 4.90. The van der Waals surface area contributed by atoms with Gasteiger partial charge in [0.1, 0.15) is 0 Å². The Labute approximate surface area is 131 Å². The van der Waals surface area contributed by atoms with Gasteiger partial charge in [0.05, 0.1) is 12.8 Å². The van der Waals surface area contributed by atoms with Crippen molar-refractivity contribution in [3.05, 3.63) is 11.1 Å². The summed E-state index contributed by atoms with van der Waals surface area (Å²) in [5.74, 6) is -5.95. The van der Waals surface area contributed by atoms with Crippen LogP contribution in [-0.2, 0) is 19.2 Å². The van der Waals surface area contributed by atoms with Crippen LogP contribution in [0, 0.1) is 23.7 Å². The van der Waals surface area contributed by atoms with Crippen molar-refractivity contribution in [2.75, 3.05) is 0 Å². The van der Waals surface area contributed by atoms with E-state index in [9.17, 15) is 19.2 Å². The van der Waals surface area contributed by atoms with E-state index < -0.39 is 35.7 Å². The van der Waals surface area contributed by atoms with Crippen molar-refractivity contribution < 1.29 is 39.6 Å². The molecule has 0 aliphatic heterocycles. The van der Waals surface area contributed by atoms with Crippen molar-refractivity contribution in [1.29, 1.82) is 0 Å². The molecule has 1 saturated carbocycles. The van der Waals surface area contributed by atoms with Gasteiger partial charge < -0.3 is 20.4 Å². The van der Waals surface area contributed by atoms with Crippen molar-refractivity contribution >= 4 is 23.9 Å². The topological polar surface area (TPSA) is 149 Å². The molecular weight excluding hydrogens is 308 g/mol. The molecule has 4 N–H and O–H groups in total. The van der Waals surface area contributed by atoms with Gasteiger partial charge in [-0.2, -0.15) is 0 Å². The lowest BCUT2D eigenvalue weighted by atomic mass is 9.71. The lowest BCUT2D eigenvalue weighted by Crippen LogP contribution is -2.30. The maximum absolute atomic E-state index is 11.1. The van der Waals surface area contributed by atoms with Gasteiger partial charge in [-0.15, -0.1) is 0 Å². The average Bonchev–Trinajstić information content (AvgIpc) is 2.86. The molecule has 2 aliphatic carbocycles. The molecule has 2 rings (SSSR count). The number of carbonyl (C=O) groups is 4. The van der Waals surface area contributed by atoms with E-state index in [1.165, 1.54) is 0 Å². The molecule has 0 heterocycles. The van der Waals surface area contributed by atoms with E-state index in [4.69, 9.17) is 20.4 Å². The zero-order valence-electron chi connectivity index (χ0n) is 12.3. The predicted octanol–water partition coefficient (Wildman–Crippen LogP) is 1.06. The summed E-state index contributed by atoms with van der Waals surface area (Å²) in [6, 6.07) is 0. The van der Waals surface area contributed by atoms with Crippen molar-refractivity contribution in [2.24, 2.45) is 23.7 Å². The molecule has 0 aromatic carbocycles. The zero-order chi connectivity index (χ0) is 17.3. The molecule has 2 bridgehead atoms. The predicted molar refractivity (Wildman–Crippen MR) is 74.6 cm³/mol. The van der Waals surface area contributed by atoms with Gasteiger partial charge >= 0.3 is 23.9 Å². The van der Waals surface area contributed by atoms with Crippen LogP contribution in [0.1, 0.15) is 32.1 Å². The highest BCUT2D eigenvalue weighted by Crippen LogP contribution is 2.59. The number of fused-ring (bicyclic) bond motifs is 2. The summed E-state index contributed by atoms with van der Waals surface area (Å²) in [6.45, 7) is 0. The van der Waals surface area contributed by atoms with Crippen LogP contribution in [0.15, 0.2) is 11.1 Å². The van der Waals surface area contributed by atoms with Gasteiger partial charge in [0.15, 0.2) is 0 Å². The number of aliphatic carboxylic acids is 4. The molecule has 4 atom stereocenters. The van der Waals surface area contributed by atoms with Crippen molar-refractivity contribution in [2.45, 2.75) is 32.1 Å². The van der Waals surface area contributed by atoms with Crippen LogP contribution in [0.4, 0.5) is 0 Å². The fourth-order valence-electron chi connectivity index (χ4n) is 4.30. The Kier molecular flexibility index (Phi) is 4.72. The van der Waals surface area contributed by atoms with Crippen molar-refractivity contribution in [3.8, 4) is 0 Å². The summed E-state index contributed by atoms with van der Waals surface area (Å²) in [4.78, 5) is 44.3. The standard InChI is InChI=1S/C15H18O8/c16-12(17)2-8-6-1-7(9(8)3-13(18)19)11(5-15(22)23)10(6)4-14(20)21/h6-9H,1-5H2,(H,16,17)(H,18,19)(H,20,21)(H,22,23). The molecule has 0 spiro atoms. The monoisotopic (exact) mass is 326 g/mol. The number of hydrogen-bond donors (Lipinski definition) is 4. The second kappa shape index (κ2) is 6.39. The van der Waals surface area contributed by atoms with E-state index in [2.05, 4.69) is 0 Å². The van der Waals surface area contributed by atoms with Crippen LogP contribution < -0.4 is 0 Å². The molecule has 0 radical (unpaired) electrons. The lowest BCUT2D eigenvalue weighted by Gasteiger charge is -2.32. The van der Waals surface area contributed by atoms with Gasteiger partial charge in [-0.05, 0) is 30.1 Å². The third-order valence-corrected chi connectivity index (χ3v) is 4.90. The van der Waals surface area contributed by atoms with Crippen molar-refractivity contribution in [3.63, 3.8) is 0 Å². The Morgan fingerprint density at radius 2 is 1.04 bits per heavy atom. The molecule has 0 saturated heterocycles. The normalized spacial score (nSPS) is 28.9. The summed E-state index contributed by atoms with van der Waals surface area (Å²) in [6.07, 6.45) is -0.661. The summed E-state index contributed by atoms with van der Waals surface area (Å²) < 4.78 is 0. The minimum Gasteiger partial charge on any atom is -0.481 e. The minimum atomic E-state index is -1.10. The first kappa shape index (κ1) is 17.0. The molecule has 1 fully saturated rings. The Hall–Kier alpha value is -2.38. The first-order valence-corrected chi connectivity index (χ1v) is 7.29. The molecule has 126 valence electrons. The van der Waals surface area contributed by atoms with E-state index in [1.807, 2.05) is 0 Å². The molecule has 4 unspecified atom stereocenters. The fraction of sp³-hybridized carbons (Fsp3) is 0.600. The van der Waals surface area contributed by atoms with Crippen LogP contribution in [-0.4, -0.2) is 44.3 Å². The van der Waals surface area contributed by atoms with Crippen LogP contribution in [0.3, 0.4) is 0 Å². The highest BCUT2D eigenvalue weighted by molar-refractivity contribution is 5.75. The number of rotatable bonds is 8. The summed E-state index contributed by atoms with van der Waals surface area (Å²) in [5.41, 5.74) is 0.968. The smallest absolute Gasteiger partial charge is 0.307 e. The second-order valence-corrected chi connectivity index (χ2v) is 6.16. The summed E-state index contributed by atoms with van der Waals surface area (Å²) in [5, 5.41) is 36.2. The Bertz CT molecular complexity index is 540. The molecule has 2 aliphatic rings. The zero-order valence-corrected chi connectivity index (χ0v) is 12.3. The summed E-state index contributed by atoms with van der Waals surface area (Å²) in [7, 11) is 0. The van der Waals surface area contributed by atoms with E-state index in [-0.39, 0.29) is 37.5 Å². The molecule has 0 amide bonds. The van der Waals surface area contributed by atoms with Crippen LogP contribution in [0.5, 0.6) is 0 Å². The SMILES string of the molecule is O=C(O)CC1=C(CC(=O)O)C2CC1C(CC(=O)O)C2CC(=O)O. The van der Waals surface area contributed by atoms with E-state index in [0.29, 0.717) is 17.6 Å². The first-order valence-electron chi connectivity index (χ1n) is 7.29. The lowest BCUT2D eigenvalue weighted by molar-refractivity contribution is -0.142. The van der Waals surface area contributed by atoms with Gasteiger partial charge in [-0.3, -0.25) is 19.2 Å². The van der Waals surface area contributed by atoms with E-state index in [0.717, 1.165) is 0 Å². The molecular formula is C15H18O8. The molecule has 0 aromatic rings. The molecule has 0 aromatic heterocycles. The van der Waals surface area contributed by atoms with Crippen molar-refractivity contribution in [1.82, 2.24) is 0 Å². The van der Waals surface area contributed by atoms with Crippen LogP contribution in [0.25, 0.3) is 0 Å². The first-order chi connectivity index (χ1) is 10.7. The molecule has 8 nitrogen and oxygen atoms in total. The van der Waals surface area contributed by atoms with Gasteiger partial charge in [0.2, 0.25) is 0 Å². The van der Waals surface area contributed by atoms with Gasteiger partial charge in [-0.1, -0.05) is 11.1 Å². The molecule has 8 heteroatoms. The van der Waals surface area contributed by atoms with Gasteiger partial charge in [0.25, 0.3) is 0 Å². The molecule has 23 heavy (non-hydrogen) atoms. The van der Waals surface area contributed by atoms with Gasteiger partial charge in [-0.25, -0.2) is 0 Å². The highest BCUT2D eigenvalue weighted by atomic mass is 16.4. The highest BCUT2D eigenvalue weighted by Gasteiger charge is 2.53. The maximum atomic E-state index is 11.1. The maximum Gasteiger partial charge on any atom is 0.307 e. The largest absolute Gasteiger partial charge is 0.481 e. The van der Waals surface area contributed by atoms with Crippen LogP contribution in [0.2, 0.25) is 0 Å². The number of hydrogen-bond acceptors (Lipinski definition) is 4. The second-order valence-electron chi connectivity index (χ2n) is 6.16. The van der Waals surface area contributed by atoms with Crippen LogP contribution >= 0.6 is 0 Å². The Morgan fingerprint density at radius 3 is 1.30 bits per heavy atom. The quantitative estimate of drug-likeness (QED) is 0.484. The Morgan fingerprint density at radius 1 is 0.696 bits per heavy atom. The van der Waals surface area contributed by atoms with Gasteiger partial charge in [0, 0.05) is 12.8 Å². The third kappa shape index (κ3) is 3.52. The van der Waals surface area contributed by atoms with E-state index in [1.54, 1.807) is 0 Å². The minimum absolute atomic E-state index is 0.234. The average molecular weight is 326 g/mol. The fourth-order valence-corrected chi connectivity index (χ4v) is 4.30. The Balaban J connectivity index is 2.39. The van der Waals surface area contributed by atoms with E-state index >= 15 is 0 Å². The number of carboxylic acids is 4. The number of carboxylic acid groups (broad SMARTS) is 4. The summed E-state index contributed by atoms with van der Waals surface area (Å²) >= 11 is 0.